The Hall–Kier alpha value is -2.32. The van der Waals surface area contributed by atoms with Crippen LogP contribution < -0.4 is 4.74 Å². The van der Waals surface area contributed by atoms with Crippen molar-refractivity contribution in [1.82, 2.24) is 4.90 Å². The first kappa shape index (κ1) is 20.0. The van der Waals surface area contributed by atoms with E-state index in [4.69, 9.17) is 4.74 Å². The number of benzene rings is 2. The zero-order valence-corrected chi connectivity index (χ0v) is 17.7. The van der Waals surface area contributed by atoms with Crippen LogP contribution in [0.25, 0.3) is 0 Å². The molecule has 1 amide bonds. The number of fused-ring (bicyclic) bond motifs is 1. The van der Waals surface area contributed by atoms with Crippen LogP contribution in [0, 0.1) is 0 Å². The molecule has 0 bridgehead atoms. The Bertz CT molecular complexity index is 1040. The van der Waals surface area contributed by atoms with E-state index >= 15 is 0 Å². The summed E-state index contributed by atoms with van der Waals surface area (Å²) in [4.78, 5) is 19.0. The van der Waals surface area contributed by atoms with Crippen LogP contribution in [0.2, 0.25) is 0 Å². The molecule has 0 spiro atoms. The van der Waals surface area contributed by atoms with Crippen LogP contribution in [0.4, 0.5) is 0 Å². The second kappa shape index (κ2) is 8.20. The molecule has 2 aromatic rings. The highest BCUT2D eigenvalue weighted by molar-refractivity contribution is 8.15. The summed E-state index contributed by atoms with van der Waals surface area (Å²) in [5.41, 5.74) is 1.84. The fraction of sp³-hybridized carbons (Fsp3) is 0.333. The monoisotopic (exact) mass is 430 g/mol. The van der Waals surface area contributed by atoms with E-state index in [1.54, 1.807) is 7.11 Å². The average Bonchev–Trinajstić information content (AvgIpc) is 3.15. The molecule has 0 aromatic heterocycles. The van der Waals surface area contributed by atoms with Gasteiger partial charge in [0.15, 0.2) is 15.0 Å². The highest BCUT2D eigenvalue weighted by Gasteiger charge is 2.48. The maximum absolute atomic E-state index is 12.7. The van der Waals surface area contributed by atoms with Crippen molar-refractivity contribution in [2.75, 3.05) is 18.6 Å². The van der Waals surface area contributed by atoms with Gasteiger partial charge in [0.05, 0.1) is 31.1 Å². The van der Waals surface area contributed by atoms with Crippen molar-refractivity contribution in [2.24, 2.45) is 4.99 Å². The lowest BCUT2D eigenvalue weighted by molar-refractivity contribution is -0.117. The van der Waals surface area contributed by atoms with E-state index in [-0.39, 0.29) is 35.1 Å². The van der Waals surface area contributed by atoms with Gasteiger partial charge in [0, 0.05) is 17.4 Å². The highest BCUT2D eigenvalue weighted by Crippen LogP contribution is 2.39. The number of para-hydroxylation sites is 1. The summed E-state index contributed by atoms with van der Waals surface area (Å²) in [6.07, 6.45) is 0.140. The van der Waals surface area contributed by atoms with Gasteiger partial charge in [-0.2, -0.15) is 4.99 Å². The zero-order valence-electron chi connectivity index (χ0n) is 16.0. The number of rotatable bonds is 5. The maximum atomic E-state index is 12.7. The van der Waals surface area contributed by atoms with E-state index in [2.05, 4.69) is 4.99 Å². The summed E-state index contributed by atoms with van der Waals surface area (Å²) in [5, 5.41) is 0.528. The zero-order chi connectivity index (χ0) is 20.4. The number of carbonyl (C=O) groups is 1. The van der Waals surface area contributed by atoms with Gasteiger partial charge in [-0.05, 0) is 11.6 Å². The van der Waals surface area contributed by atoms with E-state index in [0.717, 1.165) is 11.1 Å². The fourth-order valence-corrected chi connectivity index (χ4v) is 7.73. The van der Waals surface area contributed by atoms with Crippen LogP contribution in [0.5, 0.6) is 5.75 Å². The Balaban J connectivity index is 1.58. The number of amidine groups is 1. The lowest BCUT2D eigenvalue weighted by Crippen LogP contribution is -2.37. The van der Waals surface area contributed by atoms with Crippen molar-refractivity contribution in [2.45, 2.75) is 24.3 Å². The maximum Gasteiger partial charge on any atom is 0.252 e. The van der Waals surface area contributed by atoms with Gasteiger partial charge in [-0.1, -0.05) is 60.3 Å². The summed E-state index contributed by atoms with van der Waals surface area (Å²) < 4.78 is 29.6. The lowest BCUT2D eigenvalue weighted by atomic mass is 10.1. The molecule has 0 saturated carbocycles. The summed E-state index contributed by atoms with van der Waals surface area (Å²) in [7, 11) is -1.48. The minimum atomic E-state index is -3.06. The van der Waals surface area contributed by atoms with Crippen molar-refractivity contribution in [3.8, 4) is 5.75 Å². The van der Waals surface area contributed by atoms with Gasteiger partial charge < -0.3 is 9.64 Å². The number of nitrogens with zero attached hydrogens (tertiary/aromatic N) is 2. The summed E-state index contributed by atoms with van der Waals surface area (Å²) in [6, 6.07) is 17.1. The molecular weight excluding hydrogens is 408 g/mol. The second-order valence-electron chi connectivity index (χ2n) is 7.19. The molecular formula is C21H22N2O4S2. The number of sulfone groups is 1. The van der Waals surface area contributed by atoms with Gasteiger partial charge in [-0.15, -0.1) is 0 Å². The van der Waals surface area contributed by atoms with Gasteiger partial charge in [-0.25, -0.2) is 8.42 Å². The van der Waals surface area contributed by atoms with Gasteiger partial charge in [0.2, 0.25) is 0 Å². The molecule has 8 heteroatoms. The summed E-state index contributed by atoms with van der Waals surface area (Å²) in [6.45, 7) is 0.533. The molecule has 2 aliphatic heterocycles. The quantitative estimate of drug-likeness (QED) is 0.726. The molecule has 2 saturated heterocycles. The van der Waals surface area contributed by atoms with Crippen molar-refractivity contribution in [3.05, 3.63) is 65.7 Å². The Morgan fingerprint density at radius 1 is 1.14 bits per heavy atom. The van der Waals surface area contributed by atoms with Crippen LogP contribution >= 0.6 is 11.8 Å². The topological polar surface area (TPSA) is 76.0 Å². The van der Waals surface area contributed by atoms with Crippen LogP contribution in [0.3, 0.4) is 0 Å². The van der Waals surface area contributed by atoms with Crippen LogP contribution in [0.15, 0.2) is 59.6 Å². The van der Waals surface area contributed by atoms with Gasteiger partial charge in [0.25, 0.3) is 5.91 Å². The molecule has 0 aliphatic carbocycles. The van der Waals surface area contributed by atoms with E-state index in [9.17, 15) is 13.2 Å². The Labute approximate surface area is 174 Å². The van der Waals surface area contributed by atoms with Gasteiger partial charge >= 0.3 is 0 Å². The first-order valence-electron chi connectivity index (χ1n) is 9.36. The minimum Gasteiger partial charge on any atom is -0.496 e. The Morgan fingerprint density at radius 3 is 2.62 bits per heavy atom. The van der Waals surface area contributed by atoms with Crippen molar-refractivity contribution >= 4 is 32.7 Å². The first-order chi connectivity index (χ1) is 13.9. The molecule has 2 heterocycles. The third-order valence-electron chi connectivity index (χ3n) is 5.13. The number of carbonyl (C=O) groups excluding carboxylic acids is 1. The largest absolute Gasteiger partial charge is 0.496 e. The molecule has 4 rings (SSSR count). The van der Waals surface area contributed by atoms with Crippen molar-refractivity contribution < 1.29 is 17.9 Å². The van der Waals surface area contributed by atoms with Crippen molar-refractivity contribution in [1.29, 1.82) is 0 Å². The highest BCUT2D eigenvalue weighted by atomic mass is 32.2. The molecule has 6 nitrogen and oxygen atoms in total. The number of hydrogen-bond donors (Lipinski definition) is 0. The Morgan fingerprint density at radius 2 is 1.86 bits per heavy atom. The number of amides is 1. The predicted molar refractivity (Wildman–Crippen MR) is 115 cm³/mol. The number of methoxy groups -OCH3 is 1. The SMILES string of the molecule is COc1ccccc1CC(=O)N=C1S[C@@H]2CS(=O)(=O)C[C@@H]2N1Cc1ccccc1. The third kappa shape index (κ3) is 4.48. The third-order valence-corrected chi connectivity index (χ3v) is 8.37. The predicted octanol–water partition coefficient (Wildman–Crippen LogP) is 2.53. The van der Waals surface area contributed by atoms with E-state index in [1.165, 1.54) is 11.8 Å². The molecule has 0 N–H and O–H groups in total. The molecule has 2 aliphatic rings. The molecule has 29 heavy (non-hydrogen) atoms. The smallest absolute Gasteiger partial charge is 0.252 e. The number of thioether (sulfide) groups is 1. The minimum absolute atomic E-state index is 0.0819. The van der Waals surface area contributed by atoms with Crippen LogP contribution in [-0.4, -0.2) is 54.3 Å². The molecule has 2 atom stereocenters. The Kier molecular flexibility index (Phi) is 5.65. The molecule has 2 aromatic carbocycles. The molecule has 0 unspecified atom stereocenters. The van der Waals surface area contributed by atoms with Crippen LogP contribution in [-0.2, 0) is 27.6 Å². The number of ether oxygens (including phenoxy) is 1. The van der Waals surface area contributed by atoms with Gasteiger partial charge in [-0.3, -0.25) is 4.79 Å². The number of aliphatic imine (C=N–C) groups is 1. The fourth-order valence-electron chi connectivity index (χ4n) is 3.76. The molecule has 2 fully saturated rings. The van der Waals surface area contributed by atoms with Crippen LogP contribution in [0.1, 0.15) is 11.1 Å². The second-order valence-corrected chi connectivity index (χ2v) is 10.6. The van der Waals surface area contributed by atoms with E-state index < -0.39 is 9.84 Å². The molecule has 0 radical (unpaired) electrons. The van der Waals surface area contributed by atoms with E-state index in [0.29, 0.717) is 17.5 Å². The summed E-state index contributed by atoms with van der Waals surface area (Å²) >= 11 is 1.40. The standard InChI is InChI=1S/C21H22N2O4S2/c1-27-18-10-6-5-9-16(18)11-20(24)22-21-23(12-15-7-3-2-4-8-15)17-13-29(25,26)14-19(17)28-21/h2-10,17,19H,11-14H2,1H3/t17-,19+/m0/s1. The van der Waals surface area contributed by atoms with Gasteiger partial charge in [0.1, 0.15) is 5.75 Å². The average molecular weight is 431 g/mol. The van der Waals surface area contributed by atoms with Crippen molar-refractivity contribution in [3.63, 3.8) is 0 Å². The number of hydrogen-bond acceptors (Lipinski definition) is 5. The lowest BCUT2D eigenvalue weighted by Gasteiger charge is -2.24. The first-order valence-corrected chi connectivity index (χ1v) is 12.1. The van der Waals surface area contributed by atoms with E-state index in [1.807, 2.05) is 59.5 Å². The molecule has 152 valence electrons. The normalized spacial score (nSPS) is 23.9. The summed E-state index contributed by atoms with van der Waals surface area (Å²) in [5.74, 6) is 0.631.